The number of pyridine rings is 2. The van der Waals surface area contributed by atoms with E-state index in [4.69, 9.17) is 4.98 Å². The van der Waals surface area contributed by atoms with Gasteiger partial charge in [0.15, 0.2) is 0 Å². The number of hydrogen-bond acceptors (Lipinski definition) is 5. The Kier molecular flexibility index (Phi) is 5.77. The van der Waals surface area contributed by atoms with E-state index in [1.807, 2.05) is 77.7 Å². The molecule has 2 aromatic heterocycles. The van der Waals surface area contributed by atoms with Crippen LogP contribution in [0.4, 0.5) is 17.2 Å². The number of piperidine rings is 1. The predicted octanol–water partition coefficient (Wildman–Crippen LogP) is 4.77. The fraction of sp³-hybridized carbons (Fsp3) is 0.192. The number of benzene rings is 2. The predicted molar refractivity (Wildman–Crippen MR) is 128 cm³/mol. The largest absolute Gasteiger partial charge is 0.355 e. The second-order valence-corrected chi connectivity index (χ2v) is 7.98. The van der Waals surface area contributed by atoms with E-state index >= 15 is 0 Å². The molecule has 1 atom stereocenters. The standard InChI is InChI=1S/C26H25N5O/c32-26(20-7-10-21(11-8-20)29-22-13-16-27-17-14-22)31(23-5-3-15-28-18-23)25-12-9-19-4-1-2-6-24(19)30-25/h1-2,4,6-14,16-17,23,28H,3,5,15,18H2,(H,27,29)/t23-/m1/s1. The third-order valence-corrected chi connectivity index (χ3v) is 5.79. The van der Waals surface area contributed by atoms with E-state index in [2.05, 4.69) is 15.6 Å². The molecule has 0 radical (unpaired) electrons. The van der Waals surface area contributed by atoms with Crippen molar-refractivity contribution in [3.8, 4) is 0 Å². The summed E-state index contributed by atoms with van der Waals surface area (Å²) in [5.74, 6) is 0.665. The van der Waals surface area contributed by atoms with Gasteiger partial charge >= 0.3 is 0 Å². The van der Waals surface area contributed by atoms with Crippen LogP contribution >= 0.6 is 0 Å². The van der Waals surface area contributed by atoms with Gasteiger partial charge in [0.1, 0.15) is 5.82 Å². The van der Waals surface area contributed by atoms with Crippen molar-refractivity contribution in [3.63, 3.8) is 0 Å². The third-order valence-electron chi connectivity index (χ3n) is 5.79. The maximum absolute atomic E-state index is 13.7. The number of nitrogens with one attached hydrogen (secondary N) is 2. The van der Waals surface area contributed by atoms with E-state index in [9.17, 15) is 4.79 Å². The zero-order valence-electron chi connectivity index (χ0n) is 17.7. The molecular formula is C26H25N5O. The third kappa shape index (κ3) is 4.31. The van der Waals surface area contributed by atoms with Gasteiger partial charge in [-0.2, -0.15) is 0 Å². The molecule has 6 heteroatoms. The lowest BCUT2D eigenvalue weighted by atomic mass is 10.0. The summed E-state index contributed by atoms with van der Waals surface area (Å²) in [7, 11) is 0. The summed E-state index contributed by atoms with van der Waals surface area (Å²) in [6, 6.07) is 23.5. The number of carbonyl (C=O) groups excluding carboxylic acids is 1. The number of hydrogen-bond donors (Lipinski definition) is 2. The van der Waals surface area contributed by atoms with Crippen molar-refractivity contribution in [2.45, 2.75) is 18.9 Å². The maximum atomic E-state index is 13.7. The highest BCUT2D eigenvalue weighted by Crippen LogP contribution is 2.25. The first kappa shape index (κ1) is 20.2. The maximum Gasteiger partial charge on any atom is 0.259 e. The molecule has 0 bridgehead atoms. The molecule has 0 unspecified atom stereocenters. The van der Waals surface area contributed by atoms with Crippen molar-refractivity contribution in [2.24, 2.45) is 0 Å². The first-order valence-electron chi connectivity index (χ1n) is 11.0. The van der Waals surface area contributed by atoms with Crippen LogP contribution < -0.4 is 15.5 Å². The van der Waals surface area contributed by atoms with Crippen LogP contribution in [-0.2, 0) is 0 Å². The lowest BCUT2D eigenvalue weighted by molar-refractivity contribution is 0.0971. The normalized spacial score (nSPS) is 15.9. The van der Waals surface area contributed by atoms with E-state index in [-0.39, 0.29) is 11.9 Å². The van der Waals surface area contributed by atoms with Gasteiger partial charge in [0.25, 0.3) is 5.91 Å². The van der Waals surface area contributed by atoms with Crippen molar-refractivity contribution >= 4 is 34.0 Å². The van der Waals surface area contributed by atoms with Crippen LogP contribution in [0.5, 0.6) is 0 Å². The number of carbonyl (C=O) groups is 1. The van der Waals surface area contributed by atoms with Gasteiger partial charge in [-0.1, -0.05) is 18.2 Å². The molecule has 2 aromatic carbocycles. The van der Waals surface area contributed by atoms with Crippen LogP contribution in [0.2, 0.25) is 0 Å². The summed E-state index contributed by atoms with van der Waals surface area (Å²) in [5.41, 5.74) is 3.41. The van der Waals surface area contributed by atoms with Gasteiger partial charge in [-0.05, 0) is 74.0 Å². The Hall–Kier alpha value is -3.77. The van der Waals surface area contributed by atoms with Gasteiger partial charge in [-0.25, -0.2) is 4.98 Å². The number of aromatic nitrogens is 2. The zero-order chi connectivity index (χ0) is 21.8. The minimum Gasteiger partial charge on any atom is -0.355 e. The molecule has 1 fully saturated rings. The average Bonchev–Trinajstić information content (AvgIpc) is 2.86. The molecule has 0 aliphatic carbocycles. The van der Waals surface area contributed by atoms with E-state index in [0.717, 1.165) is 48.2 Å². The van der Waals surface area contributed by atoms with Crippen molar-refractivity contribution in [3.05, 3.63) is 90.8 Å². The van der Waals surface area contributed by atoms with Crippen molar-refractivity contribution in [2.75, 3.05) is 23.3 Å². The molecule has 1 saturated heterocycles. The molecule has 3 heterocycles. The molecule has 2 N–H and O–H groups in total. The second-order valence-electron chi connectivity index (χ2n) is 7.98. The Morgan fingerprint density at radius 2 is 1.72 bits per heavy atom. The molecule has 1 aliphatic rings. The quantitative estimate of drug-likeness (QED) is 0.484. The van der Waals surface area contributed by atoms with Gasteiger partial charge in [-0.3, -0.25) is 14.7 Å². The molecule has 4 aromatic rings. The van der Waals surface area contributed by atoms with Crippen LogP contribution in [0, 0.1) is 0 Å². The summed E-state index contributed by atoms with van der Waals surface area (Å²) in [4.78, 5) is 24.4. The molecular weight excluding hydrogens is 398 g/mol. The summed E-state index contributed by atoms with van der Waals surface area (Å²) in [6.45, 7) is 1.75. The van der Waals surface area contributed by atoms with Crippen LogP contribution in [0.3, 0.4) is 0 Å². The van der Waals surface area contributed by atoms with Crippen LogP contribution in [-0.4, -0.2) is 35.0 Å². The Labute approximate surface area is 187 Å². The fourth-order valence-corrected chi connectivity index (χ4v) is 4.14. The SMILES string of the molecule is O=C(c1ccc(Nc2ccncc2)cc1)N(c1ccc2ccccc2n1)[C@@H]1CCCNC1. The minimum atomic E-state index is -0.0306. The van der Waals surface area contributed by atoms with Crippen LogP contribution in [0.15, 0.2) is 85.2 Å². The molecule has 1 aliphatic heterocycles. The van der Waals surface area contributed by atoms with E-state index in [0.29, 0.717) is 11.4 Å². The van der Waals surface area contributed by atoms with Crippen LogP contribution in [0.25, 0.3) is 10.9 Å². The molecule has 160 valence electrons. The zero-order valence-corrected chi connectivity index (χ0v) is 17.7. The van der Waals surface area contributed by atoms with Gasteiger partial charge in [0, 0.05) is 41.3 Å². The van der Waals surface area contributed by atoms with Crippen molar-refractivity contribution in [1.29, 1.82) is 0 Å². The minimum absolute atomic E-state index is 0.0306. The highest BCUT2D eigenvalue weighted by molar-refractivity contribution is 6.06. The summed E-state index contributed by atoms with van der Waals surface area (Å²) in [6.07, 6.45) is 5.48. The summed E-state index contributed by atoms with van der Waals surface area (Å²) >= 11 is 0. The lowest BCUT2D eigenvalue weighted by Crippen LogP contribution is -2.49. The first-order chi connectivity index (χ1) is 15.8. The fourth-order valence-electron chi connectivity index (χ4n) is 4.14. The number of para-hydroxylation sites is 1. The molecule has 1 amide bonds. The Morgan fingerprint density at radius 1 is 0.938 bits per heavy atom. The smallest absolute Gasteiger partial charge is 0.259 e. The second kappa shape index (κ2) is 9.16. The van der Waals surface area contributed by atoms with E-state index in [1.54, 1.807) is 12.4 Å². The molecule has 6 nitrogen and oxygen atoms in total. The number of anilines is 3. The Morgan fingerprint density at radius 3 is 2.50 bits per heavy atom. The Balaban J connectivity index is 1.44. The summed E-state index contributed by atoms with van der Waals surface area (Å²) < 4.78 is 0. The number of rotatable bonds is 5. The monoisotopic (exact) mass is 423 g/mol. The van der Waals surface area contributed by atoms with E-state index < -0.39 is 0 Å². The van der Waals surface area contributed by atoms with Crippen molar-refractivity contribution in [1.82, 2.24) is 15.3 Å². The molecule has 5 rings (SSSR count). The highest BCUT2D eigenvalue weighted by Gasteiger charge is 2.28. The molecule has 0 saturated carbocycles. The molecule has 0 spiro atoms. The lowest BCUT2D eigenvalue weighted by Gasteiger charge is -2.34. The van der Waals surface area contributed by atoms with Gasteiger partial charge in [0.2, 0.25) is 0 Å². The van der Waals surface area contributed by atoms with Gasteiger partial charge in [-0.15, -0.1) is 0 Å². The average molecular weight is 424 g/mol. The highest BCUT2D eigenvalue weighted by atomic mass is 16.2. The number of nitrogens with zero attached hydrogens (tertiary/aromatic N) is 3. The Bertz CT molecular complexity index is 1200. The molecule has 32 heavy (non-hydrogen) atoms. The van der Waals surface area contributed by atoms with Gasteiger partial charge in [0.05, 0.1) is 11.6 Å². The number of amides is 1. The number of fused-ring (bicyclic) bond motifs is 1. The van der Waals surface area contributed by atoms with Crippen LogP contribution in [0.1, 0.15) is 23.2 Å². The van der Waals surface area contributed by atoms with Gasteiger partial charge < -0.3 is 10.6 Å². The summed E-state index contributed by atoms with van der Waals surface area (Å²) in [5, 5.41) is 7.82. The first-order valence-corrected chi connectivity index (χ1v) is 11.0. The topological polar surface area (TPSA) is 70.2 Å². The van der Waals surface area contributed by atoms with Crippen molar-refractivity contribution < 1.29 is 4.79 Å². The van der Waals surface area contributed by atoms with E-state index in [1.165, 1.54) is 0 Å².